The third-order valence-electron chi connectivity index (χ3n) is 5.05. The van der Waals surface area contributed by atoms with Crippen LogP contribution in [-0.2, 0) is 14.2 Å². The van der Waals surface area contributed by atoms with Crippen LogP contribution >= 0.6 is 0 Å². The summed E-state index contributed by atoms with van der Waals surface area (Å²) in [5.41, 5.74) is -0.216. The molecule has 1 spiro atoms. The van der Waals surface area contributed by atoms with E-state index in [-0.39, 0.29) is 16.7 Å². The maximum atomic E-state index is 6.47. The van der Waals surface area contributed by atoms with E-state index < -0.39 is 5.79 Å². The van der Waals surface area contributed by atoms with Gasteiger partial charge >= 0.3 is 0 Å². The van der Waals surface area contributed by atoms with Gasteiger partial charge in [0.05, 0.1) is 13.2 Å². The molecule has 1 unspecified atom stereocenters. The molecule has 0 aliphatic carbocycles. The number of hydrogen-bond donors (Lipinski definition) is 0. The molecule has 21 heavy (non-hydrogen) atoms. The molecule has 4 heteroatoms. The summed E-state index contributed by atoms with van der Waals surface area (Å²) in [4.78, 5) is 2.45. The van der Waals surface area contributed by atoms with Gasteiger partial charge in [0, 0.05) is 30.5 Å². The molecule has 0 aromatic rings. The van der Waals surface area contributed by atoms with Crippen molar-refractivity contribution >= 4 is 0 Å². The summed E-state index contributed by atoms with van der Waals surface area (Å²) in [6, 6.07) is 0. The maximum absolute atomic E-state index is 6.47. The highest BCUT2D eigenvalue weighted by Gasteiger charge is 2.58. The smallest absolute Gasteiger partial charge is 0.172 e. The fraction of sp³-hybridized carbons (Fsp3) is 1.00. The predicted molar refractivity (Wildman–Crippen MR) is 84.4 cm³/mol. The molecule has 0 aromatic carbocycles. The molecule has 0 N–H and O–H groups in total. The minimum atomic E-state index is -0.468. The average molecular weight is 299 g/mol. The summed E-state index contributed by atoms with van der Waals surface area (Å²) in [5.74, 6) is -0.468. The second kappa shape index (κ2) is 5.48. The van der Waals surface area contributed by atoms with Gasteiger partial charge in [-0.2, -0.15) is 0 Å². The first kappa shape index (κ1) is 17.2. The first-order valence-electron chi connectivity index (χ1n) is 8.20. The standard InChI is InChI=1S/C17H33NO3/c1-8-9-19-12-16(6)13-20-17(21-16)10-14(2,3)18(7)15(4,5)11-17/h8-13H2,1-7H3. The van der Waals surface area contributed by atoms with Crippen molar-refractivity contribution in [2.24, 2.45) is 0 Å². The van der Waals surface area contributed by atoms with Crippen LogP contribution in [-0.4, -0.2) is 54.2 Å². The summed E-state index contributed by atoms with van der Waals surface area (Å²) in [6.45, 7) is 15.3. The van der Waals surface area contributed by atoms with Crippen LogP contribution < -0.4 is 0 Å². The molecule has 2 saturated heterocycles. The Morgan fingerprint density at radius 1 is 1.05 bits per heavy atom. The van der Waals surface area contributed by atoms with Crippen molar-refractivity contribution < 1.29 is 14.2 Å². The highest BCUT2D eigenvalue weighted by Crippen LogP contribution is 2.49. The van der Waals surface area contributed by atoms with Crippen LogP contribution in [0.2, 0.25) is 0 Å². The summed E-state index contributed by atoms with van der Waals surface area (Å²) < 4.78 is 18.4. The first-order valence-corrected chi connectivity index (χ1v) is 8.20. The molecule has 124 valence electrons. The Labute approximate surface area is 130 Å². The third-order valence-corrected chi connectivity index (χ3v) is 5.05. The SMILES string of the molecule is CCCOCC1(C)COC2(CC(C)(C)N(C)C(C)(C)C2)O1. The zero-order valence-electron chi connectivity index (χ0n) is 14.9. The molecule has 2 fully saturated rings. The van der Waals surface area contributed by atoms with Crippen molar-refractivity contribution in [3.8, 4) is 0 Å². The van der Waals surface area contributed by atoms with Gasteiger partial charge in [0.2, 0.25) is 0 Å². The van der Waals surface area contributed by atoms with E-state index in [0.717, 1.165) is 25.9 Å². The second-order valence-corrected chi connectivity index (χ2v) is 8.34. The number of rotatable bonds is 4. The lowest BCUT2D eigenvalue weighted by atomic mass is 9.76. The van der Waals surface area contributed by atoms with Gasteiger partial charge in [0.25, 0.3) is 0 Å². The number of hydrogen-bond acceptors (Lipinski definition) is 4. The molecule has 0 aromatic heterocycles. The summed E-state index contributed by atoms with van der Waals surface area (Å²) in [7, 11) is 2.20. The van der Waals surface area contributed by atoms with E-state index in [1.165, 1.54) is 0 Å². The Balaban J connectivity index is 2.10. The lowest BCUT2D eigenvalue weighted by Gasteiger charge is -2.56. The molecule has 4 nitrogen and oxygen atoms in total. The summed E-state index contributed by atoms with van der Waals surface area (Å²) in [6.07, 6.45) is 2.82. The molecule has 2 aliphatic heterocycles. The second-order valence-electron chi connectivity index (χ2n) is 8.34. The van der Waals surface area contributed by atoms with E-state index in [1.54, 1.807) is 0 Å². The van der Waals surface area contributed by atoms with E-state index >= 15 is 0 Å². The van der Waals surface area contributed by atoms with Crippen molar-refractivity contribution in [2.45, 2.75) is 83.3 Å². The van der Waals surface area contributed by atoms with Crippen molar-refractivity contribution in [1.29, 1.82) is 0 Å². The molecule has 2 aliphatic rings. The zero-order valence-corrected chi connectivity index (χ0v) is 14.9. The molecule has 1 atom stereocenters. The van der Waals surface area contributed by atoms with Crippen molar-refractivity contribution in [1.82, 2.24) is 4.90 Å². The predicted octanol–water partition coefficient (Wildman–Crippen LogP) is 3.20. The molecule has 0 saturated carbocycles. The van der Waals surface area contributed by atoms with Crippen LogP contribution in [0.5, 0.6) is 0 Å². The van der Waals surface area contributed by atoms with Gasteiger partial charge in [-0.05, 0) is 48.1 Å². The fourth-order valence-corrected chi connectivity index (χ4v) is 3.91. The van der Waals surface area contributed by atoms with Crippen LogP contribution in [0.15, 0.2) is 0 Å². The highest BCUT2D eigenvalue weighted by molar-refractivity contribution is 5.05. The molecule has 0 bridgehead atoms. The number of likely N-dealkylation sites (tertiary alicyclic amines) is 1. The van der Waals surface area contributed by atoms with Gasteiger partial charge in [-0.3, -0.25) is 4.90 Å². The van der Waals surface area contributed by atoms with Crippen LogP contribution in [0, 0.1) is 0 Å². The monoisotopic (exact) mass is 299 g/mol. The van der Waals surface area contributed by atoms with Gasteiger partial charge in [0.1, 0.15) is 5.60 Å². The topological polar surface area (TPSA) is 30.9 Å². The minimum absolute atomic E-state index is 0.0529. The van der Waals surface area contributed by atoms with Gasteiger partial charge in [0.15, 0.2) is 5.79 Å². The van der Waals surface area contributed by atoms with Gasteiger partial charge in [-0.25, -0.2) is 0 Å². The van der Waals surface area contributed by atoms with Crippen molar-refractivity contribution in [2.75, 3.05) is 26.9 Å². The van der Waals surface area contributed by atoms with E-state index in [9.17, 15) is 0 Å². The first-order chi connectivity index (χ1) is 9.54. The molecule has 2 heterocycles. The van der Waals surface area contributed by atoms with Gasteiger partial charge in [-0.1, -0.05) is 6.92 Å². The minimum Gasteiger partial charge on any atom is -0.378 e. The molecule has 2 rings (SSSR count). The van der Waals surface area contributed by atoms with Crippen LogP contribution in [0.25, 0.3) is 0 Å². The van der Waals surface area contributed by atoms with Crippen LogP contribution in [0.4, 0.5) is 0 Å². The Morgan fingerprint density at radius 3 is 2.14 bits per heavy atom. The average Bonchev–Trinajstić information content (AvgIpc) is 2.63. The van der Waals surface area contributed by atoms with Gasteiger partial charge < -0.3 is 14.2 Å². The number of ether oxygens (including phenoxy) is 3. The maximum Gasteiger partial charge on any atom is 0.172 e. The van der Waals surface area contributed by atoms with E-state index in [4.69, 9.17) is 14.2 Å². The highest BCUT2D eigenvalue weighted by atomic mass is 16.8. The van der Waals surface area contributed by atoms with Crippen LogP contribution in [0.3, 0.4) is 0 Å². The van der Waals surface area contributed by atoms with Crippen molar-refractivity contribution in [3.05, 3.63) is 0 Å². The van der Waals surface area contributed by atoms with E-state index in [1.807, 2.05) is 0 Å². The van der Waals surface area contributed by atoms with Crippen molar-refractivity contribution in [3.63, 3.8) is 0 Å². The van der Waals surface area contributed by atoms with E-state index in [0.29, 0.717) is 13.2 Å². The third kappa shape index (κ3) is 3.44. The largest absolute Gasteiger partial charge is 0.378 e. The molecule has 0 amide bonds. The number of piperidine rings is 1. The Morgan fingerprint density at radius 2 is 1.62 bits per heavy atom. The quantitative estimate of drug-likeness (QED) is 0.746. The normalized spacial score (nSPS) is 34.4. The summed E-state index contributed by atoms with van der Waals surface area (Å²) in [5, 5.41) is 0. The lowest BCUT2D eigenvalue weighted by Crippen LogP contribution is -2.64. The lowest BCUT2D eigenvalue weighted by molar-refractivity contribution is -0.255. The Bertz CT molecular complexity index is 362. The van der Waals surface area contributed by atoms with E-state index in [2.05, 4.69) is 53.5 Å². The molecular weight excluding hydrogens is 266 g/mol. The van der Waals surface area contributed by atoms with Gasteiger partial charge in [-0.15, -0.1) is 0 Å². The molecular formula is C17H33NO3. The molecule has 0 radical (unpaired) electrons. The summed E-state index contributed by atoms with van der Waals surface area (Å²) >= 11 is 0. The Kier molecular flexibility index (Phi) is 4.49. The Hall–Kier alpha value is -0.160. The number of nitrogens with zero attached hydrogens (tertiary/aromatic N) is 1. The zero-order chi connectivity index (χ0) is 15.9. The fourth-order valence-electron chi connectivity index (χ4n) is 3.91. The van der Waals surface area contributed by atoms with Crippen LogP contribution in [0.1, 0.15) is 60.8 Å².